The van der Waals surface area contributed by atoms with Gasteiger partial charge in [-0.25, -0.2) is 4.79 Å². The lowest BCUT2D eigenvalue weighted by atomic mass is 10.1. The standard InChI is InChI=1S/C8H10N2O5S/c1-15-8(11)5-2-4(16(12,13)14)3-6(9)7(5)10/h2-3H,9-10H2,1H3,(H,12,13,14). The third-order valence-electron chi connectivity index (χ3n) is 1.89. The molecule has 1 aromatic carbocycles. The fourth-order valence-corrected chi connectivity index (χ4v) is 1.62. The molecular weight excluding hydrogens is 236 g/mol. The van der Waals surface area contributed by atoms with Crippen LogP contribution in [0.25, 0.3) is 0 Å². The van der Waals surface area contributed by atoms with Gasteiger partial charge in [-0.15, -0.1) is 0 Å². The number of hydrogen-bond acceptors (Lipinski definition) is 6. The number of esters is 1. The lowest BCUT2D eigenvalue weighted by molar-refractivity contribution is 0.0601. The molecule has 88 valence electrons. The predicted octanol–water partition coefficient (Wildman–Crippen LogP) is -0.116. The van der Waals surface area contributed by atoms with Crippen molar-refractivity contribution in [3.05, 3.63) is 17.7 Å². The highest BCUT2D eigenvalue weighted by molar-refractivity contribution is 7.85. The number of carbonyl (C=O) groups is 1. The monoisotopic (exact) mass is 246 g/mol. The number of hydrogen-bond donors (Lipinski definition) is 3. The number of ether oxygens (including phenoxy) is 1. The van der Waals surface area contributed by atoms with Crippen molar-refractivity contribution in [3.8, 4) is 0 Å². The van der Waals surface area contributed by atoms with E-state index < -0.39 is 21.0 Å². The summed E-state index contributed by atoms with van der Waals surface area (Å²) in [6.45, 7) is 0. The van der Waals surface area contributed by atoms with Crippen LogP contribution in [0.5, 0.6) is 0 Å². The van der Waals surface area contributed by atoms with Gasteiger partial charge in [-0.3, -0.25) is 4.55 Å². The Morgan fingerprint density at radius 1 is 1.38 bits per heavy atom. The summed E-state index contributed by atoms with van der Waals surface area (Å²) in [4.78, 5) is 10.7. The number of anilines is 2. The van der Waals surface area contributed by atoms with Crippen LogP contribution in [-0.2, 0) is 14.9 Å². The predicted molar refractivity (Wildman–Crippen MR) is 56.4 cm³/mol. The number of carbonyl (C=O) groups excluding carboxylic acids is 1. The molecule has 0 unspecified atom stereocenters. The molecule has 16 heavy (non-hydrogen) atoms. The van der Waals surface area contributed by atoms with Crippen molar-refractivity contribution < 1.29 is 22.5 Å². The molecule has 1 rings (SSSR count). The normalized spacial score (nSPS) is 11.1. The molecule has 0 bridgehead atoms. The molecule has 0 saturated heterocycles. The molecule has 0 aliphatic rings. The Labute approximate surface area is 91.7 Å². The van der Waals surface area contributed by atoms with Crippen LogP contribution in [0.4, 0.5) is 11.4 Å². The van der Waals surface area contributed by atoms with Gasteiger partial charge in [0.15, 0.2) is 0 Å². The zero-order valence-electron chi connectivity index (χ0n) is 8.30. The van der Waals surface area contributed by atoms with Crippen LogP contribution < -0.4 is 11.5 Å². The number of methoxy groups -OCH3 is 1. The third-order valence-corrected chi connectivity index (χ3v) is 2.72. The average Bonchev–Trinajstić information content (AvgIpc) is 2.19. The molecule has 0 aromatic heterocycles. The van der Waals surface area contributed by atoms with Crippen LogP contribution in [-0.4, -0.2) is 26.0 Å². The van der Waals surface area contributed by atoms with Crippen LogP contribution in [0, 0.1) is 0 Å². The van der Waals surface area contributed by atoms with Gasteiger partial charge in [0.05, 0.1) is 28.9 Å². The van der Waals surface area contributed by atoms with Crippen LogP contribution in [0.2, 0.25) is 0 Å². The van der Waals surface area contributed by atoms with Crippen molar-refractivity contribution >= 4 is 27.5 Å². The molecule has 0 spiro atoms. The molecule has 7 nitrogen and oxygen atoms in total. The highest BCUT2D eigenvalue weighted by Crippen LogP contribution is 2.25. The Balaban J connectivity index is 3.51. The summed E-state index contributed by atoms with van der Waals surface area (Å²) in [5.41, 5.74) is 10.4. The van der Waals surface area contributed by atoms with Gasteiger partial charge in [0.2, 0.25) is 0 Å². The Bertz CT molecular complexity index is 538. The van der Waals surface area contributed by atoms with Gasteiger partial charge < -0.3 is 16.2 Å². The van der Waals surface area contributed by atoms with E-state index in [0.29, 0.717) is 0 Å². The maximum absolute atomic E-state index is 11.2. The van der Waals surface area contributed by atoms with Crippen molar-refractivity contribution in [1.29, 1.82) is 0 Å². The van der Waals surface area contributed by atoms with Crippen molar-refractivity contribution in [2.75, 3.05) is 18.6 Å². The van der Waals surface area contributed by atoms with Crippen LogP contribution >= 0.6 is 0 Å². The first-order valence-electron chi connectivity index (χ1n) is 4.02. The molecular formula is C8H10N2O5S. The zero-order chi connectivity index (χ0) is 12.5. The van der Waals surface area contributed by atoms with Gasteiger partial charge >= 0.3 is 5.97 Å². The maximum Gasteiger partial charge on any atom is 0.340 e. The smallest absolute Gasteiger partial charge is 0.340 e. The lowest BCUT2D eigenvalue weighted by Gasteiger charge is -2.08. The third kappa shape index (κ3) is 2.23. The van der Waals surface area contributed by atoms with Crippen molar-refractivity contribution in [3.63, 3.8) is 0 Å². The molecule has 0 aliphatic carbocycles. The zero-order valence-corrected chi connectivity index (χ0v) is 9.11. The first-order chi connectivity index (χ1) is 7.27. The molecule has 0 saturated carbocycles. The minimum absolute atomic E-state index is 0.0979. The quantitative estimate of drug-likeness (QED) is 0.376. The number of rotatable bonds is 2. The summed E-state index contributed by atoms with van der Waals surface area (Å²) in [5, 5.41) is 0. The topological polar surface area (TPSA) is 133 Å². The van der Waals surface area contributed by atoms with Crippen LogP contribution in [0.1, 0.15) is 10.4 Å². The lowest BCUT2D eigenvalue weighted by Crippen LogP contribution is -2.10. The summed E-state index contributed by atoms with van der Waals surface area (Å²) in [7, 11) is -3.34. The summed E-state index contributed by atoms with van der Waals surface area (Å²) >= 11 is 0. The largest absolute Gasteiger partial charge is 0.465 e. The van der Waals surface area contributed by atoms with Crippen molar-refractivity contribution in [1.82, 2.24) is 0 Å². The Hall–Kier alpha value is -1.80. The summed E-state index contributed by atoms with van der Waals surface area (Å²) in [6.07, 6.45) is 0. The molecule has 1 aromatic rings. The first kappa shape index (κ1) is 12.3. The fraction of sp³-hybridized carbons (Fsp3) is 0.125. The minimum Gasteiger partial charge on any atom is -0.465 e. The summed E-state index contributed by atoms with van der Waals surface area (Å²) in [5.74, 6) is -0.838. The van der Waals surface area contributed by atoms with E-state index in [1.165, 1.54) is 0 Å². The van der Waals surface area contributed by atoms with E-state index in [1.54, 1.807) is 0 Å². The Morgan fingerprint density at radius 2 is 1.94 bits per heavy atom. The Kier molecular flexibility index (Phi) is 3.06. The molecule has 0 heterocycles. The van der Waals surface area contributed by atoms with Gasteiger partial charge in [-0.2, -0.15) is 8.42 Å². The van der Waals surface area contributed by atoms with Gasteiger partial charge in [0.25, 0.3) is 10.1 Å². The number of nitrogens with two attached hydrogens (primary N) is 2. The first-order valence-corrected chi connectivity index (χ1v) is 5.46. The molecule has 0 atom stereocenters. The molecule has 5 N–H and O–H groups in total. The van der Waals surface area contributed by atoms with E-state index in [1.807, 2.05) is 0 Å². The van der Waals surface area contributed by atoms with E-state index >= 15 is 0 Å². The molecule has 0 radical (unpaired) electrons. The Morgan fingerprint density at radius 3 is 2.38 bits per heavy atom. The van der Waals surface area contributed by atoms with E-state index in [2.05, 4.69) is 4.74 Å². The maximum atomic E-state index is 11.2. The second-order valence-electron chi connectivity index (χ2n) is 2.94. The number of benzene rings is 1. The van der Waals surface area contributed by atoms with E-state index in [9.17, 15) is 13.2 Å². The van der Waals surface area contributed by atoms with E-state index in [4.69, 9.17) is 16.0 Å². The van der Waals surface area contributed by atoms with Crippen molar-refractivity contribution in [2.24, 2.45) is 0 Å². The van der Waals surface area contributed by atoms with E-state index in [-0.39, 0.29) is 16.9 Å². The summed E-state index contributed by atoms with van der Waals surface area (Å²) in [6, 6.07) is 1.85. The average molecular weight is 246 g/mol. The van der Waals surface area contributed by atoms with Crippen LogP contribution in [0.15, 0.2) is 17.0 Å². The van der Waals surface area contributed by atoms with Gasteiger partial charge in [0, 0.05) is 0 Å². The highest BCUT2D eigenvalue weighted by Gasteiger charge is 2.19. The fourth-order valence-electron chi connectivity index (χ4n) is 1.08. The van der Waals surface area contributed by atoms with E-state index in [0.717, 1.165) is 19.2 Å². The van der Waals surface area contributed by atoms with Gasteiger partial charge in [-0.1, -0.05) is 0 Å². The SMILES string of the molecule is COC(=O)c1cc(S(=O)(=O)O)cc(N)c1N. The van der Waals surface area contributed by atoms with Gasteiger partial charge in [0.1, 0.15) is 0 Å². The second-order valence-corrected chi connectivity index (χ2v) is 4.36. The highest BCUT2D eigenvalue weighted by atomic mass is 32.2. The molecule has 0 aliphatic heterocycles. The molecule has 0 amide bonds. The minimum atomic E-state index is -4.45. The molecule has 0 fully saturated rings. The number of nitrogen functional groups attached to an aromatic ring is 2. The van der Waals surface area contributed by atoms with Gasteiger partial charge in [-0.05, 0) is 12.1 Å². The second kappa shape index (κ2) is 3.99. The van der Waals surface area contributed by atoms with Crippen molar-refractivity contribution in [2.45, 2.75) is 4.90 Å². The summed E-state index contributed by atoms with van der Waals surface area (Å²) < 4.78 is 34.9. The van der Waals surface area contributed by atoms with Crippen LogP contribution in [0.3, 0.4) is 0 Å². The molecule has 8 heteroatoms.